The monoisotopic (exact) mass is 137 g/mol. The number of amides is 1. The SMILES string of the molecule is CCC(=O)NCC(F)F. The van der Waals surface area contributed by atoms with Crippen molar-refractivity contribution >= 4 is 5.91 Å². The first kappa shape index (κ1) is 8.33. The average Bonchev–Trinajstić information content (AvgIpc) is 1.83. The minimum Gasteiger partial charge on any atom is -0.350 e. The molecule has 1 N–H and O–H groups in total. The van der Waals surface area contributed by atoms with Crippen molar-refractivity contribution in [2.24, 2.45) is 0 Å². The van der Waals surface area contributed by atoms with Crippen LogP contribution in [-0.4, -0.2) is 18.9 Å². The van der Waals surface area contributed by atoms with Gasteiger partial charge in [-0.2, -0.15) is 0 Å². The zero-order valence-corrected chi connectivity index (χ0v) is 5.16. The Morgan fingerprint density at radius 2 is 2.22 bits per heavy atom. The van der Waals surface area contributed by atoms with E-state index >= 15 is 0 Å². The lowest BCUT2D eigenvalue weighted by Gasteiger charge is -1.99. The molecule has 0 saturated carbocycles. The molecule has 0 atom stereocenters. The molecule has 0 unspecified atom stereocenters. The van der Waals surface area contributed by atoms with Crippen LogP contribution in [0.1, 0.15) is 13.3 Å². The zero-order valence-electron chi connectivity index (χ0n) is 5.16. The molecule has 0 aliphatic carbocycles. The number of nitrogens with one attached hydrogen (secondary N) is 1. The third-order valence-electron chi connectivity index (χ3n) is 0.775. The fraction of sp³-hybridized carbons (Fsp3) is 0.800. The molecule has 0 radical (unpaired) electrons. The number of halogens is 2. The molecule has 0 bridgehead atoms. The van der Waals surface area contributed by atoms with Gasteiger partial charge in [0.25, 0.3) is 6.43 Å². The normalized spacial score (nSPS) is 9.78. The van der Waals surface area contributed by atoms with Crippen molar-refractivity contribution in [1.29, 1.82) is 0 Å². The fourth-order valence-corrected chi connectivity index (χ4v) is 0.316. The van der Waals surface area contributed by atoms with Crippen LogP contribution in [0.25, 0.3) is 0 Å². The molecule has 0 aromatic heterocycles. The summed E-state index contributed by atoms with van der Waals surface area (Å²) < 4.78 is 22.6. The van der Waals surface area contributed by atoms with E-state index < -0.39 is 13.0 Å². The van der Waals surface area contributed by atoms with Gasteiger partial charge in [-0.3, -0.25) is 4.79 Å². The van der Waals surface area contributed by atoms with Crippen molar-refractivity contribution in [1.82, 2.24) is 5.32 Å². The van der Waals surface area contributed by atoms with E-state index in [9.17, 15) is 13.6 Å². The molecule has 0 fully saturated rings. The van der Waals surface area contributed by atoms with Crippen LogP contribution in [0.15, 0.2) is 0 Å². The number of hydrogen-bond donors (Lipinski definition) is 1. The molecule has 0 heterocycles. The van der Waals surface area contributed by atoms with Gasteiger partial charge in [0.05, 0.1) is 6.54 Å². The minimum absolute atomic E-state index is 0.257. The van der Waals surface area contributed by atoms with Crippen LogP contribution in [0.2, 0.25) is 0 Å². The Bertz CT molecular complexity index is 95.0. The Morgan fingerprint density at radius 1 is 1.67 bits per heavy atom. The van der Waals surface area contributed by atoms with Gasteiger partial charge < -0.3 is 5.32 Å². The van der Waals surface area contributed by atoms with E-state index in [4.69, 9.17) is 0 Å². The summed E-state index contributed by atoms with van der Waals surface area (Å²) in [5.41, 5.74) is 0. The second kappa shape index (κ2) is 4.23. The lowest BCUT2D eigenvalue weighted by Crippen LogP contribution is -2.27. The molecular weight excluding hydrogens is 128 g/mol. The summed E-state index contributed by atoms with van der Waals surface area (Å²) in [7, 11) is 0. The van der Waals surface area contributed by atoms with Crippen LogP contribution < -0.4 is 5.32 Å². The van der Waals surface area contributed by atoms with Crippen molar-refractivity contribution in [3.8, 4) is 0 Å². The second-order valence-electron chi connectivity index (χ2n) is 1.55. The molecule has 54 valence electrons. The van der Waals surface area contributed by atoms with Crippen LogP contribution in [0, 0.1) is 0 Å². The van der Waals surface area contributed by atoms with Crippen LogP contribution in [0.3, 0.4) is 0 Å². The minimum atomic E-state index is -2.44. The van der Waals surface area contributed by atoms with Crippen LogP contribution in [0.4, 0.5) is 8.78 Å². The van der Waals surface area contributed by atoms with Gasteiger partial charge >= 0.3 is 0 Å². The molecular formula is C5H9F2NO. The van der Waals surface area contributed by atoms with Gasteiger partial charge in [0.1, 0.15) is 0 Å². The number of carbonyl (C=O) groups excluding carboxylic acids is 1. The molecule has 1 amide bonds. The van der Waals surface area contributed by atoms with E-state index in [-0.39, 0.29) is 12.3 Å². The average molecular weight is 137 g/mol. The van der Waals surface area contributed by atoms with Gasteiger partial charge in [0, 0.05) is 6.42 Å². The Morgan fingerprint density at radius 3 is 2.56 bits per heavy atom. The van der Waals surface area contributed by atoms with E-state index in [1.807, 2.05) is 5.32 Å². The predicted molar refractivity (Wildman–Crippen MR) is 29.3 cm³/mol. The highest BCUT2D eigenvalue weighted by Crippen LogP contribution is 1.87. The molecule has 0 aliphatic heterocycles. The zero-order chi connectivity index (χ0) is 7.28. The standard InChI is InChI=1S/C5H9F2NO/c1-2-5(9)8-3-4(6)7/h4H,2-3H2,1H3,(H,8,9). The highest BCUT2D eigenvalue weighted by Gasteiger charge is 2.02. The first-order chi connectivity index (χ1) is 4.16. The molecule has 0 aromatic rings. The Hall–Kier alpha value is -0.670. The largest absolute Gasteiger partial charge is 0.350 e. The second-order valence-corrected chi connectivity index (χ2v) is 1.55. The maximum absolute atomic E-state index is 11.3. The summed E-state index contributed by atoms with van der Waals surface area (Å²) in [6, 6.07) is 0. The van der Waals surface area contributed by atoms with Crippen molar-refractivity contribution < 1.29 is 13.6 Å². The topological polar surface area (TPSA) is 29.1 Å². The molecule has 0 aliphatic rings. The van der Waals surface area contributed by atoms with Crippen molar-refractivity contribution in [2.75, 3.05) is 6.54 Å². The van der Waals surface area contributed by atoms with Gasteiger partial charge in [-0.1, -0.05) is 6.92 Å². The van der Waals surface area contributed by atoms with Gasteiger partial charge in [-0.15, -0.1) is 0 Å². The van der Waals surface area contributed by atoms with E-state index in [0.29, 0.717) is 0 Å². The highest BCUT2D eigenvalue weighted by molar-refractivity contribution is 5.75. The Labute approximate surface area is 52.2 Å². The molecule has 0 spiro atoms. The highest BCUT2D eigenvalue weighted by atomic mass is 19.3. The maximum Gasteiger partial charge on any atom is 0.255 e. The van der Waals surface area contributed by atoms with E-state index in [0.717, 1.165) is 0 Å². The van der Waals surface area contributed by atoms with E-state index in [1.54, 1.807) is 6.92 Å². The lowest BCUT2D eigenvalue weighted by molar-refractivity contribution is -0.121. The number of carbonyl (C=O) groups is 1. The Balaban J connectivity index is 3.17. The van der Waals surface area contributed by atoms with Gasteiger partial charge in [-0.25, -0.2) is 8.78 Å². The summed E-state index contributed by atoms with van der Waals surface area (Å²) in [5.74, 6) is -0.338. The summed E-state index contributed by atoms with van der Waals surface area (Å²) in [4.78, 5) is 10.3. The summed E-state index contributed by atoms with van der Waals surface area (Å²) >= 11 is 0. The van der Waals surface area contributed by atoms with Gasteiger partial charge in [0.15, 0.2) is 0 Å². The molecule has 0 aromatic carbocycles. The lowest BCUT2D eigenvalue weighted by atomic mass is 10.4. The first-order valence-corrected chi connectivity index (χ1v) is 2.71. The van der Waals surface area contributed by atoms with Gasteiger partial charge in [-0.05, 0) is 0 Å². The third-order valence-corrected chi connectivity index (χ3v) is 0.775. The van der Waals surface area contributed by atoms with Crippen molar-refractivity contribution in [3.05, 3.63) is 0 Å². The quantitative estimate of drug-likeness (QED) is 0.611. The van der Waals surface area contributed by atoms with E-state index in [1.165, 1.54) is 0 Å². The van der Waals surface area contributed by atoms with Crippen LogP contribution >= 0.6 is 0 Å². The van der Waals surface area contributed by atoms with Crippen molar-refractivity contribution in [3.63, 3.8) is 0 Å². The van der Waals surface area contributed by atoms with Crippen molar-refractivity contribution in [2.45, 2.75) is 19.8 Å². The van der Waals surface area contributed by atoms with Crippen LogP contribution in [-0.2, 0) is 4.79 Å². The molecule has 9 heavy (non-hydrogen) atoms. The Kier molecular flexibility index (Phi) is 3.92. The molecule has 2 nitrogen and oxygen atoms in total. The molecule has 4 heteroatoms. The molecule has 0 saturated heterocycles. The van der Waals surface area contributed by atoms with E-state index in [2.05, 4.69) is 0 Å². The fourth-order valence-electron chi connectivity index (χ4n) is 0.316. The number of alkyl halides is 2. The number of rotatable bonds is 3. The summed E-state index contributed by atoms with van der Waals surface area (Å²) in [5, 5.41) is 2.04. The summed E-state index contributed by atoms with van der Waals surface area (Å²) in [6.07, 6.45) is -2.19. The smallest absolute Gasteiger partial charge is 0.255 e. The summed E-state index contributed by atoms with van der Waals surface area (Å²) in [6.45, 7) is 1.08. The molecule has 0 rings (SSSR count). The maximum atomic E-state index is 11.3. The first-order valence-electron chi connectivity index (χ1n) is 2.71. The predicted octanol–water partition coefficient (Wildman–Crippen LogP) is 0.778. The third kappa shape index (κ3) is 5.20. The number of hydrogen-bond acceptors (Lipinski definition) is 1. The van der Waals surface area contributed by atoms with Gasteiger partial charge in [0.2, 0.25) is 5.91 Å². The van der Waals surface area contributed by atoms with Crippen LogP contribution in [0.5, 0.6) is 0 Å².